The van der Waals surface area contributed by atoms with E-state index in [1.807, 2.05) is 19.1 Å². The fourth-order valence-electron chi connectivity index (χ4n) is 1.77. The number of para-hydroxylation sites is 1. The maximum atomic E-state index is 12.0. The van der Waals surface area contributed by atoms with E-state index in [-0.39, 0.29) is 11.6 Å². The van der Waals surface area contributed by atoms with Gasteiger partial charge in [-0.05, 0) is 13.0 Å². The van der Waals surface area contributed by atoms with E-state index in [2.05, 4.69) is 25.5 Å². The number of nitrogens with zero attached hydrogens (tertiary/aromatic N) is 3. The van der Waals surface area contributed by atoms with E-state index in [1.165, 1.54) is 6.20 Å². The van der Waals surface area contributed by atoms with Crippen molar-refractivity contribution in [3.8, 4) is 0 Å². The standard InChI is InChI=1S/C13H11N5O/c1-8-5-15-11(7-14-8)13(19)17-10-4-2-3-9-6-16-18-12(9)10/h2-7H,1H3,(H,16,18)(H,17,19). The Morgan fingerprint density at radius 2 is 2.11 bits per heavy atom. The molecule has 2 heterocycles. The molecule has 0 radical (unpaired) electrons. The van der Waals surface area contributed by atoms with Gasteiger partial charge in [-0.1, -0.05) is 12.1 Å². The van der Waals surface area contributed by atoms with Crippen molar-refractivity contribution >= 4 is 22.5 Å². The number of hydrogen-bond acceptors (Lipinski definition) is 4. The molecule has 6 heteroatoms. The number of aryl methyl sites for hydroxylation is 1. The molecule has 0 aliphatic rings. The highest BCUT2D eigenvalue weighted by Gasteiger charge is 2.10. The van der Waals surface area contributed by atoms with Crippen molar-refractivity contribution in [1.82, 2.24) is 20.2 Å². The fourth-order valence-corrected chi connectivity index (χ4v) is 1.77. The number of fused-ring (bicyclic) bond motifs is 1. The predicted molar refractivity (Wildman–Crippen MR) is 70.8 cm³/mol. The molecule has 19 heavy (non-hydrogen) atoms. The summed E-state index contributed by atoms with van der Waals surface area (Å²) in [6.45, 7) is 1.82. The minimum absolute atomic E-state index is 0.280. The van der Waals surface area contributed by atoms with E-state index in [0.717, 1.165) is 16.6 Å². The monoisotopic (exact) mass is 253 g/mol. The second kappa shape index (κ2) is 4.49. The molecule has 0 aliphatic carbocycles. The maximum absolute atomic E-state index is 12.0. The minimum atomic E-state index is -0.297. The molecule has 0 fully saturated rings. The van der Waals surface area contributed by atoms with Gasteiger partial charge in [0.15, 0.2) is 0 Å². The summed E-state index contributed by atoms with van der Waals surface area (Å²) in [6, 6.07) is 5.58. The molecule has 94 valence electrons. The summed E-state index contributed by atoms with van der Waals surface area (Å²) in [6.07, 6.45) is 4.72. The topological polar surface area (TPSA) is 83.6 Å². The second-order valence-electron chi connectivity index (χ2n) is 4.14. The van der Waals surface area contributed by atoms with E-state index in [9.17, 15) is 4.79 Å². The summed E-state index contributed by atoms with van der Waals surface area (Å²) in [7, 11) is 0. The number of hydrogen-bond donors (Lipinski definition) is 2. The summed E-state index contributed by atoms with van der Waals surface area (Å²) in [4.78, 5) is 20.1. The first-order valence-electron chi connectivity index (χ1n) is 5.76. The van der Waals surface area contributed by atoms with Crippen molar-refractivity contribution < 1.29 is 4.79 Å². The molecule has 3 aromatic rings. The molecule has 2 aromatic heterocycles. The van der Waals surface area contributed by atoms with Crippen LogP contribution in [0.2, 0.25) is 0 Å². The Morgan fingerprint density at radius 1 is 1.21 bits per heavy atom. The van der Waals surface area contributed by atoms with Crippen molar-refractivity contribution in [2.45, 2.75) is 6.92 Å². The second-order valence-corrected chi connectivity index (χ2v) is 4.14. The van der Waals surface area contributed by atoms with Crippen LogP contribution in [0.25, 0.3) is 10.9 Å². The Morgan fingerprint density at radius 3 is 2.89 bits per heavy atom. The van der Waals surface area contributed by atoms with Crippen LogP contribution in [0.3, 0.4) is 0 Å². The van der Waals surface area contributed by atoms with Gasteiger partial charge in [-0.25, -0.2) is 4.98 Å². The zero-order chi connectivity index (χ0) is 13.2. The number of rotatable bonds is 2. The molecule has 0 aliphatic heterocycles. The summed E-state index contributed by atoms with van der Waals surface area (Å²) in [5.74, 6) is -0.297. The lowest BCUT2D eigenvalue weighted by Gasteiger charge is -2.05. The van der Waals surface area contributed by atoms with Gasteiger partial charge in [-0.15, -0.1) is 0 Å². The first-order chi connectivity index (χ1) is 9.24. The number of amides is 1. The molecule has 1 amide bonds. The molecule has 0 atom stereocenters. The SMILES string of the molecule is Cc1cnc(C(=O)Nc2cccc3cn[nH]c23)cn1. The van der Waals surface area contributed by atoms with Gasteiger partial charge in [0.2, 0.25) is 0 Å². The fraction of sp³-hybridized carbons (Fsp3) is 0.0769. The van der Waals surface area contributed by atoms with Gasteiger partial charge in [-0.3, -0.25) is 14.9 Å². The van der Waals surface area contributed by atoms with Crippen molar-refractivity contribution in [3.05, 3.63) is 48.2 Å². The summed E-state index contributed by atoms with van der Waals surface area (Å²) < 4.78 is 0. The molecule has 0 saturated heterocycles. The summed E-state index contributed by atoms with van der Waals surface area (Å²) >= 11 is 0. The van der Waals surface area contributed by atoms with Crippen LogP contribution in [-0.2, 0) is 0 Å². The first kappa shape index (κ1) is 11.3. The highest BCUT2D eigenvalue weighted by atomic mass is 16.1. The number of carbonyl (C=O) groups is 1. The summed E-state index contributed by atoms with van der Waals surface area (Å²) in [5.41, 5.74) is 2.51. The van der Waals surface area contributed by atoms with E-state index < -0.39 is 0 Å². The number of benzene rings is 1. The molecule has 0 spiro atoms. The highest BCUT2D eigenvalue weighted by molar-refractivity contribution is 6.07. The van der Waals surface area contributed by atoms with Crippen molar-refractivity contribution in [3.63, 3.8) is 0 Å². The van der Waals surface area contributed by atoms with Crippen LogP contribution in [0.1, 0.15) is 16.2 Å². The molecule has 0 unspecified atom stereocenters. The van der Waals surface area contributed by atoms with Gasteiger partial charge in [0.1, 0.15) is 5.69 Å². The Kier molecular flexibility index (Phi) is 2.68. The number of aromatic nitrogens is 4. The van der Waals surface area contributed by atoms with Gasteiger partial charge in [0.25, 0.3) is 5.91 Å². The Labute approximate surface area is 108 Å². The van der Waals surface area contributed by atoms with Crippen molar-refractivity contribution in [2.75, 3.05) is 5.32 Å². The third-order valence-electron chi connectivity index (χ3n) is 2.74. The van der Waals surface area contributed by atoms with Gasteiger partial charge >= 0.3 is 0 Å². The smallest absolute Gasteiger partial charge is 0.275 e. The zero-order valence-electron chi connectivity index (χ0n) is 10.2. The lowest BCUT2D eigenvalue weighted by Crippen LogP contribution is -2.14. The van der Waals surface area contributed by atoms with Crippen molar-refractivity contribution in [1.29, 1.82) is 0 Å². The lowest BCUT2D eigenvalue weighted by molar-refractivity contribution is 0.102. The third-order valence-corrected chi connectivity index (χ3v) is 2.74. The zero-order valence-corrected chi connectivity index (χ0v) is 10.2. The van der Waals surface area contributed by atoms with Crippen LogP contribution in [0, 0.1) is 6.92 Å². The number of aromatic amines is 1. The van der Waals surface area contributed by atoms with Gasteiger partial charge in [0, 0.05) is 11.6 Å². The van der Waals surface area contributed by atoms with E-state index >= 15 is 0 Å². The molecular weight excluding hydrogens is 242 g/mol. The molecule has 0 saturated carbocycles. The normalized spacial score (nSPS) is 10.6. The minimum Gasteiger partial charge on any atom is -0.319 e. The van der Waals surface area contributed by atoms with Crippen LogP contribution >= 0.6 is 0 Å². The highest BCUT2D eigenvalue weighted by Crippen LogP contribution is 2.20. The lowest BCUT2D eigenvalue weighted by atomic mass is 10.2. The average Bonchev–Trinajstić information content (AvgIpc) is 2.89. The Balaban J connectivity index is 1.90. The number of anilines is 1. The van der Waals surface area contributed by atoms with E-state index in [4.69, 9.17) is 0 Å². The molecule has 3 rings (SSSR count). The quantitative estimate of drug-likeness (QED) is 0.730. The van der Waals surface area contributed by atoms with E-state index in [0.29, 0.717) is 5.69 Å². The third kappa shape index (κ3) is 2.15. The first-order valence-corrected chi connectivity index (χ1v) is 5.76. The Bertz CT molecular complexity index is 732. The van der Waals surface area contributed by atoms with Crippen LogP contribution < -0.4 is 5.32 Å². The van der Waals surface area contributed by atoms with E-state index in [1.54, 1.807) is 18.5 Å². The van der Waals surface area contributed by atoms with Gasteiger partial charge in [-0.2, -0.15) is 5.10 Å². The van der Waals surface area contributed by atoms with Crippen LogP contribution in [0.15, 0.2) is 36.8 Å². The van der Waals surface area contributed by atoms with Crippen molar-refractivity contribution in [2.24, 2.45) is 0 Å². The molecule has 6 nitrogen and oxygen atoms in total. The average molecular weight is 253 g/mol. The maximum Gasteiger partial charge on any atom is 0.275 e. The molecule has 2 N–H and O–H groups in total. The largest absolute Gasteiger partial charge is 0.319 e. The molecular formula is C13H11N5O. The van der Waals surface area contributed by atoms with Gasteiger partial charge in [0.05, 0.1) is 29.3 Å². The predicted octanol–water partition coefficient (Wildman–Crippen LogP) is 1.91. The van der Waals surface area contributed by atoms with Crippen LogP contribution in [0.5, 0.6) is 0 Å². The molecule has 0 bridgehead atoms. The van der Waals surface area contributed by atoms with Gasteiger partial charge < -0.3 is 5.32 Å². The summed E-state index contributed by atoms with van der Waals surface area (Å²) in [5, 5.41) is 10.5. The molecule has 1 aromatic carbocycles. The number of nitrogens with one attached hydrogen (secondary N) is 2. The Hall–Kier alpha value is -2.76. The van der Waals surface area contributed by atoms with Crippen LogP contribution in [0.4, 0.5) is 5.69 Å². The number of H-pyrrole nitrogens is 1. The number of carbonyl (C=O) groups excluding carboxylic acids is 1. The van der Waals surface area contributed by atoms with Crippen LogP contribution in [-0.4, -0.2) is 26.1 Å².